The Labute approximate surface area is 283 Å². The second-order valence-electron chi connectivity index (χ2n) is 13.6. The minimum Gasteiger partial charge on any atom is -0.756 e. The van der Waals surface area contributed by atoms with Gasteiger partial charge in [0, 0.05) is 6.42 Å². The number of phosphoric acid groups is 1. The maximum absolute atomic E-state index is 12.6. The molecule has 0 bridgehead atoms. The summed E-state index contributed by atoms with van der Waals surface area (Å²) >= 11 is 0. The van der Waals surface area contributed by atoms with Gasteiger partial charge in [-0.25, -0.2) is 0 Å². The zero-order valence-corrected chi connectivity index (χ0v) is 31.2. The Bertz CT molecular complexity index is 855. The van der Waals surface area contributed by atoms with E-state index in [0.29, 0.717) is 17.4 Å². The number of aliphatic hydroxyl groups is 1. The first-order valence-corrected chi connectivity index (χ1v) is 19.8. The van der Waals surface area contributed by atoms with Crippen LogP contribution in [0.5, 0.6) is 0 Å². The van der Waals surface area contributed by atoms with E-state index in [-0.39, 0.29) is 12.5 Å². The first-order chi connectivity index (χ1) is 22.0. The maximum Gasteiger partial charge on any atom is 0.268 e. The number of quaternary nitrogens is 1. The Balaban J connectivity index is 4.52. The van der Waals surface area contributed by atoms with Crippen LogP contribution in [0.25, 0.3) is 0 Å². The van der Waals surface area contributed by atoms with E-state index >= 15 is 0 Å². The van der Waals surface area contributed by atoms with Crippen molar-refractivity contribution in [3.63, 3.8) is 0 Å². The molecule has 0 spiro atoms. The summed E-state index contributed by atoms with van der Waals surface area (Å²) in [5.74, 6) is -0.224. The quantitative estimate of drug-likeness (QED) is 0.0321. The van der Waals surface area contributed by atoms with Crippen molar-refractivity contribution in [2.24, 2.45) is 0 Å². The predicted octanol–water partition coefficient (Wildman–Crippen LogP) is 8.55. The molecule has 8 nitrogen and oxygen atoms in total. The summed E-state index contributed by atoms with van der Waals surface area (Å²) in [5, 5.41) is 13.6. The Morgan fingerprint density at radius 1 is 0.739 bits per heavy atom. The molecule has 0 rings (SSSR count). The van der Waals surface area contributed by atoms with Crippen molar-refractivity contribution in [1.29, 1.82) is 0 Å². The zero-order valence-electron chi connectivity index (χ0n) is 30.3. The van der Waals surface area contributed by atoms with Crippen molar-refractivity contribution in [3.8, 4) is 0 Å². The normalized spacial score (nSPS) is 15.2. The molecule has 0 aliphatic heterocycles. The zero-order chi connectivity index (χ0) is 34.4. The van der Waals surface area contributed by atoms with Gasteiger partial charge in [0.2, 0.25) is 5.91 Å². The van der Waals surface area contributed by atoms with Gasteiger partial charge in [-0.15, -0.1) is 0 Å². The molecule has 0 saturated heterocycles. The summed E-state index contributed by atoms with van der Waals surface area (Å²) in [4.78, 5) is 24.9. The number of aliphatic hydroxyl groups excluding tert-OH is 1. The summed E-state index contributed by atoms with van der Waals surface area (Å²) in [6.07, 6.45) is 33.6. The molecule has 0 aromatic rings. The molecule has 46 heavy (non-hydrogen) atoms. The van der Waals surface area contributed by atoms with Gasteiger partial charge in [-0.05, 0) is 44.9 Å². The van der Waals surface area contributed by atoms with E-state index in [4.69, 9.17) is 9.05 Å². The summed E-state index contributed by atoms with van der Waals surface area (Å²) in [7, 11) is 1.23. The third kappa shape index (κ3) is 31.3. The van der Waals surface area contributed by atoms with Crippen molar-refractivity contribution in [2.75, 3.05) is 40.9 Å². The van der Waals surface area contributed by atoms with Crippen LogP contribution in [0, 0.1) is 0 Å². The lowest BCUT2D eigenvalue weighted by molar-refractivity contribution is -0.870. The number of hydrogen-bond donors (Lipinski definition) is 2. The number of amides is 1. The summed E-state index contributed by atoms with van der Waals surface area (Å²) < 4.78 is 22.9. The van der Waals surface area contributed by atoms with Gasteiger partial charge in [0.25, 0.3) is 7.82 Å². The third-order valence-corrected chi connectivity index (χ3v) is 8.79. The largest absolute Gasteiger partial charge is 0.756 e. The van der Waals surface area contributed by atoms with E-state index in [1.165, 1.54) is 70.6 Å². The highest BCUT2D eigenvalue weighted by molar-refractivity contribution is 7.45. The number of carbonyl (C=O) groups is 1. The van der Waals surface area contributed by atoms with E-state index in [1.807, 2.05) is 27.2 Å². The van der Waals surface area contributed by atoms with Gasteiger partial charge >= 0.3 is 0 Å². The molecule has 0 aliphatic carbocycles. The SMILES string of the molecule is CCCCCCCCCC/C=C/CC/C=C/CC/C=C/C(O)C(COP(=O)([O-])OCC[N+](C)(C)C)NC(=O)CCCCCCCC. The molecule has 9 heteroatoms. The molecule has 0 fully saturated rings. The second-order valence-corrected chi connectivity index (χ2v) is 15.0. The number of allylic oxidation sites excluding steroid dienone is 5. The molecule has 3 atom stereocenters. The number of rotatable bonds is 32. The van der Waals surface area contributed by atoms with Crippen molar-refractivity contribution in [3.05, 3.63) is 36.5 Å². The molecule has 3 unspecified atom stereocenters. The van der Waals surface area contributed by atoms with Crippen LogP contribution in [0.2, 0.25) is 0 Å². The number of hydrogen-bond acceptors (Lipinski definition) is 6. The standard InChI is InChI=1S/C37H71N2O6P/c1-6-8-10-12-14-15-16-17-18-19-20-21-22-23-24-25-26-28-30-36(40)35(38-37(41)31-29-27-13-11-9-7-2)34-45-46(42,43)44-33-32-39(3,4)5/h19-20,23-24,28,30,35-36,40H,6-18,21-22,25-27,29,31-34H2,1-5H3,(H-,38,41,42,43)/b20-19+,24-23+,30-28+. The van der Waals surface area contributed by atoms with Gasteiger partial charge in [-0.1, -0.05) is 127 Å². The third-order valence-electron chi connectivity index (χ3n) is 7.83. The molecule has 2 N–H and O–H groups in total. The highest BCUT2D eigenvalue weighted by atomic mass is 31.2. The Morgan fingerprint density at radius 3 is 1.76 bits per heavy atom. The van der Waals surface area contributed by atoms with Gasteiger partial charge in [-0.3, -0.25) is 9.36 Å². The van der Waals surface area contributed by atoms with Crippen LogP contribution in [0.15, 0.2) is 36.5 Å². The van der Waals surface area contributed by atoms with Gasteiger partial charge in [0.15, 0.2) is 0 Å². The van der Waals surface area contributed by atoms with Crippen molar-refractivity contribution in [2.45, 2.75) is 154 Å². The highest BCUT2D eigenvalue weighted by Gasteiger charge is 2.23. The maximum atomic E-state index is 12.6. The number of nitrogens with zero attached hydrogens (tertiary/aromatic N) is 1. The van der Waals surface area contributed by atoms with E-state index in [1.54, 1.807) is 6.08 Å². The van der Waals surface area contributed by atoms with Crippen LogP contribution in [0.1, 0.15) is 142 Å². The molecule has 0 saturated carbocycles. The number of nitrogens with one attached hydrogen (secondary N) is 1. The van der Waals surface area contributed by atoms with Crippen LogP contribution in [0.4, 0.5) is 0 Å². The average Bonchev–Trinajstić information content (AvgIpc) is 2.99. The molecule has 0 aliphatic rings. The first-order valence-electron chi connectivity index (χ1n) is 18.4. The molecule has 1 amide bonds. The fourth-order valence-electron chi connectivity index (χ4n) is 4.83. The van der Waals surface area contributed by atoms with Gasteiger partial charge in [0.05, 0.1) is 39.9 Å². The minimum atomic E-state index is -4.58. The summed E-state index contributed by atoms with van der Waals surface area (Å²) in [5.41, 5.74) is 0. The van der Waals surface area contributed by atoms with Crippen molar-refractivity contribution >= 4 is 13.7 Å². The molecular formula is C37H71N2O6P. The van der Waals surface area contributed by atoms with E-state index < -0.39 is 26.6 Å². The number of phosphoric ester groups is 1. The smallest absolute Gasteiger partial charge is 0.268 e. The Morgan fingerprint density at radius 2 is 1.22 bits per heavy atom. The topological polar surface area (TPSA) is 108 Å². The molecule has 270 valence electrons. The monoisotopic (exact) mass is 671 g/mol. The molecule has 0 heterocycles. The van der Waals surface area contributed by atoms with Gasteiger partial charge in [0.1, 0.15) is 13.2 Å². The minimum absolute atomic E-state index is 0.00902. The van der Waals surface area contributed by atoms with Crippen LogP contribution >= 0.6 is 7.82 Å². The fourth-order valence-corrected chi connectivity index (χ4v) is 5.55. The molecular weight excluding hydrogens is 599 g/mol. The number of likely N-dealkylation sites (N-methyl/N-ethyl adjacent to an activating group) is 1. The van der Waals surface area contributed by atoms with Crippen molar-refractivity contribution in [1.82, 2.24) is 5.32 Å². The van der Waals surface area contributed by atoms with E-state index in [0.717, 1.165) is 51.4 Å². The van der Waals surface area contributed by atoms with E-state index in [2.05, 4.69) is 43.5 Å². The number of carbonyl (C=O) groups excluding carboxylic acids is 1. The van der Waals surface area contributed by atoms with Crippen LogP contribution in [0.3, 0.4) is 0 Å². The predicted molar refractivity (Wildman–Crippen MR) is 191 cm³/mol. The van der Waals surface area contributed by atoms with Crippen LogP contribution < -0.4 is 10.2 Å². The van der Waals surface area contributed by atoms with Gasteiger partial charge < -0.3 is 28.8 Å². The molecule has 0 aromatic heterocycles. The summed E-state index contributed by atoms with van der Waals surface area (Å²) in [6, 6.07) is -0.902. The fraction of sp³-hybridized carbons (Fsp3) is 0.811. The lowest BCUT2D eigenvalue weighted by Crippen LogP contribution is -2.45. The van der Waals surface area contributed by atoms with E-state index in [9.17, 15) is 19.4 Å². The molecule has 0 radical (unpaired) electrons. The number of unbranched alkanes of at least 4 members (excludes halogenated alkanes) is 15. The second kappa shape index (κ2) is 29.8. The van der Waals surface area contributed by atoms with Crippen LogP contribution in [-0.4, -0.2) is 68.5 Å². The Kier molecular flexibility index (Phi) is 29.0. The average molecular weight is 671 g/mol. The lowest BCUT2D eigenvalue weighted by atomic mass is 10.1. The Hall–Kier alpha value is -1.28. The molecule has 0 aromatic carbocycles. The highest BCUT2D eigenvalue weighted by Crippen LogP contribution is 2.38. The van der Waals surface area contributed by atoms with Crippen LogP contribution in [-0.2, 0) is 18.4 Å². The van der Waals surface area contributed by atoms with Crippen molar-refractivity contribution < 1.29 is 32.9 Å². The first kappa shape index (κ1) is 44.7. The summed E-state index contributed by atoms with van der Waals surface area (Å²) in [6.45, 7) is 4.51. The van der Waals surface area contributed by atoms with Gasteiger partial charge in [-0.2, -0.15) is 0 Å². The lowest BCUT2D eigenvalue weighted by Gasteiger charge is -2.29.